The number of unbranched alkanes of at least 4 members (excludes halogenated alkanes) is 27. The van der Waals surface area contributed by atoms with Gasteiger partial charge in [0.1, 0.15) is 6.10 Å². The molecule has 0 radical (unpaired) electrons. The Bertz CT molecular complexity index is 667. The van der Waals surface area contributed by atoms with Crippen molar-refractivity contribution in [3.63, 3.8) is 0 Å². The average Bonchev–Trinajstić information content (AvgIpc) is 3.06. The van der Waals surface area contributed by atoms with E-state index in [1.807, 2.05) is 6.08 Å². The number of aliphatic hydroxyl groups is 3. The van der Waals surface area contributed by atoms with E-state index >= 15 is 0 Å². The van der Waals surface area contributed by atoms with Crippen LogP contribution in [0, 0.1) is 5.92 Å². The smallest absolute Gasteiger partial charge is 0.249 e. The van der Waals surface area contributed by atoms with Gasteiger partial charge >= 0.3 is 0 Å². The summed E-state index contributed by atoms with van der Waals surface area (Å²) in [5.74, 6) is 0.307. The molecule has 0 aliphatic heterocycles. The van der Waals surface area contributed by atoms with E-state index in [4.69, 9.17) is 0 Å². The fourth-order valence-electron chi connectivity index (χ4n) is 6.49. The summed E-state index contributed by atoms with van der Waals surface area (Å²) in [4.78, 5) is 12.4. The van der Waals surface area contributed by atoms with Crippen molar-refractivity contribution in [3.8, 4) is 0 Å². The minimum absolute atomic E-state index is 0.361. The standard InChI is InChI=1S/C42H83NO4/c1-4-5-6-7-8-9-10-11-12-13-14-15-16-17-18-19-20-23-27-30-33-36-41(46)42(47)43-39(37-44)40(45)35-32-29-26-24-21-22-25-28-31-34-38(2)3/h32,35,38-41,44-46H,4-31,33-34,36-37H2,1-3H3,(H,43,47)/b35-32+/t39-,40+,41?/m0/s1. The molecule has 1 amide bonds. The predicted molar refractivity (Wildman–Crippen MR) is 204 cm³/mol. The monoisotopic (exact) mass is 666 g/mol. The minimum Gasteiger partial charge on any atom is -0.394 e. The Morgan fingerprint density at radius 1 is 0.553 bits per heavy atom. The van der Waals surface area contributed by atoms with Gasteiger partial charge in [0.2, 0.25) is 5.91 Å². The van der Waals surface area contributed by atoms with Gasteiger partial charge in [0.25, 0.3) is 0 Å². The van der Waals surface area contributed by atoms with Crippen LogP contribution < -0.4 is 5.32 Å². The molecule has 0 aromatic rings. The van der Waals surface area contributed by atoms with Gasteiger partial charge in [-0.3, -0.25) is 4.79 Å². The second kappa shape index (κ2) is 36.4. The van der Waals surface area contributed by atoms with Gasteiger partial charge in [-0.05, 0) is 25.2 Å². The van der Waals surface area contributed by atoms with Crippen LogP contribution in [0.1, 0.15) is 220 Å². The highest BCUT2D eigenvalue weighted by Gasteiger charge is 2.22. The van der Waals surface area contributed by atoms with Crippen molar-refractivity contribution in [1.29, 1.82) is 0 Å². The molecule has 0 bridgehead atoms. The van der Waals surface area contributed by atoms with E-state index in [9.17, 15) is 20.1 Å². The Balaban J connectivity index is 3.62. The van der Waals surface area contributed by atoms with Gasteiger partial charge in [0, 0.05) is 0 Å². The predicted octanol–water partition coefficient (Wildman–Crippen LogP) is 11.5. The van der Waals surface area contributed by atoms with Crippen LogP contribution in [-0.2, 0) is 4.79 Å². The van der Waals surface area contributed by atoms with Crippen molar-refractivity contribution in [2.45, 2.75) is 238 Å². The molecule has 5 nitrogen and oxygen atoms in total. The maximum Gasteiger partial charge on any atom is 0.249 e. The van der Waals surface area contributed by atoms with E-state index in [1.165, 1.54) is 161 Å². The average molecular weight is 666 g/mol. The van der Waals surface area contributed by atoms with Gasteiger partial charge < -0.3 is 20.6 Å². The molecule has 0 aliphatic rings. The van der Waals surface area contributed by atoms with E-state index in [2.05, 4.69) is 26.1 Å². The molecule has 0 heterocycles. The normalized spacial score (nSPS) is 13.9. The zero-order valence-corrected chi connectivity index (χ0v) is 31.8. The van der Waals surface area contributed by atoms with E-state index < -0.39 is 24.2 Å². The van der Waals surface area contributed by atoms with Crippen molar-refractivity contribution >= 4 is 5.91 Å². The highest BCUT2D eigenvalue weighted by atomic mass is 16.3. The molecule has 0 saturated heterocycles. The number of rotatable bonds is 37. The van der Waals surface area contributed by atoms with E-state index in [-0.39, 0.29) is 6.61 Å². The molecule has 0 aromatic carbocycles. The van der Waals surface area contributed by atoms with Gasteiger partial charge in [0.05, 0.1) is 18.8 Å². The van der Waals surface area contributed by atoms with E-state index in [1.54, 1.807) is 6.08 Å². The molecule has 0 spiro atoms. The van der Waals surface area contributed by atoms with Gasteiger partial charge in [-0.25, -0.2) is 0 Å². The number of carbonyl (C=O) groups is 1. The van der Waals surface area contributed by atoms with Gasteiger partial charge in [-0.1, -0.05) is 213 Å². The lowest BCUT2D eigenvalue weighted by Gasteiger charge is -2.21. The van der Waals surface area contributed by atoms with Crippen molar-refractivity contribution in [2.75, 3.05) is 6.61 Å². The van der Waals surface area contributed by atoms with Gasteiger partial charge in [0.15, 0.2) is 0 Å². The molecule has 0 aliphatic carbocycles. The second-order valence-corrected chi connectivity index (χ2v) is 15.0. The Morgan fingerprint density at radius 3 is 1.30 bits per heavy atom. The summed E-state index contributed by atoms with van der Waals surface area (Å²) in [6.45, 7) is 6.50. The number of allylic oxidation sites excluding steroid dienone is 1. The number of carbonyl (C=O) groups excluding carboxylic acids is 1. The first kappa shape index (κ1) is 46.1. The maximum absolute atomic E-state index is 12.4. The molecule has 0 rings (SSSR count). The number of aliphatic hydroxyl groups excluding tert-OH is 3. The summed E-state index contributed by atoms with van der Waals surface area (Å²) in [5, 5.41) is 33.0. The highest BCUT2D eigenvalue weighted by molar-refractivity contribution is 5.80. The van der Waals surface area contributed by atoms with Crippen molar-refractivity contribution in [3.05, 3.63) is 12.2 Å². The maximum atomic E-state index is 12.4. The minimum atomic E-state index is -1.09. The van der Waals surface area contributed by atoms with Crippen LogP contribution in [0.5, 0.6) is 0 Å². The number of hydrogen-bond acceptors (Lipinski definition) is 4. The summed E-state index contributed by atoms with van der Waals surface area (Å²) in [5.41, 5.74) is 0. The third-order valence-electron chi connectivity index (χ3n) is 9.81. The number of hydrogen-bond donors (Lipinski definition) is 4. The van der Waals surface area contributed by atoms with E-state index in [0.29, 0.717) is 6.42 Å². The molecular formula is C42H83NO4. The quantitative estimate of drug-likeness (QED) is 0.0393. The van der Waals surface area contributed by atoms with Gasteiger partial charge in [-0.2, -0.15) is 0 Å². The molecule has 5 heteroatoms. The summed E-state index contributed by atoms with van der Waals surface area (Å²) >= 11 is 0. The first-order valence-corrected chi connectivity index (χ1v) is 20.9. The van der Waals surface area contributed by atoms with Crippen LogP contribution in [0.25, 0.3) is 0 Å². The summed E-state index contributed by atoms with van der Waals surface area (Å²) < 4.78 is 0. The zero-order valence-electron chi connectivity index (χ0n) is 31.8. The largest absolute Gasteiger partial charge is 0.394 e. The molecule has 0 saturated carbocycles. The van der Waals surface area contributed by atoms with Crippen molar-refractivity contribution < 1.29 is 20.1 Å². The highest BCUT2D eigenvalue weighted by Crippen LogP contribution is 2.16. The number of nitrogens with one attached hydrogen (secondary N) is 1. The summed E-state index contributed by atoms with van der Waals surface area (Å²) in [6.07, 6.45) is 41.0. The van der Waals surface area contributed by atoms with Crippen LogP contribution >= 0.6 is 0 Å². The van der Waals surface area contributed by atoms with Crippen LogP contribution in [0.2, 0.25) is 0 Å². The van der Waals surface area contributed by atoms with Crippen molar-refractivity contribution in [1.82, 2.24) is 5.32 Å². The molecule has 280 valence electrons. The van der Waals surface area contributed by atoms with E-state index in [0.717, 1.165) is 38.0 Å². The Hall–Kier alpha value is -0.910. The summed E-state index contributed by atoms with van der Waals surface area (Å²) in [7, 11) is 0. The Labute approximate surface area is 293 Å². The van der Waals surface area contributed by atoms with Crippen LogP contribution in [-0.4, -0.2) is 46.1 Å². The third kappa shape index (κ3) is 33.4. The lowest BCUT2D eigenvalue weighted by Crippen LogP contribution is -2.48. The molecule has 47 heavy (non-hydrogen) atoms. The van der Waals surface area contributed by atoms with Crippen LogP contribution in [0.3, 0.4) is 0 Å². The Morgan fingerprint density at radius 2 is 0.915 bits per heavy atom. The fourth-order valence-corrected chi connectivity index (χ4v) is 6.49. The first-order valence-electron chi connectivity index (χ1n) is 20.9. The van der Waals surface area contributed by atoms with Crippen molar-refractivity contribution in [2.24, 2.45) is 5.92 Å². The molecule has 0 aromatic heterocycles. The van der Waals surface area contributed by atoms with Gasteiger partial charge in [-0.15, -0.1) is 0 Å². The molecule has 3 atom stereocenters. The Kier molecular flexibility index (Phi) is 35.7. The lowest BCUT2D eigenvalue weighted by molar-refractivity contribution is -0.131. The fraction of sp³-hybridized carbons (Fsp3) is 0.929. The lowest BCUT2D eigenvalue weighted by atomic mass is 10.0. The molecule has 0 fully saturated rings. The molecule has 4 N–H and O–H groups in total. The summed E-state index contributed by atoms with van der Waals surface area (Å²) in [6, 6.07) is -0.793. The number of amides is 1. The van der Waals surface area contributed by atoms with Crippen LogP contribution in [0.4, 0.5) is 0 Å². The topological polar surface area (TPSA) is 89.8 Å². The first-order chi connectivity index (χ1) is 22.9. The second-order valence-electron chi connectivity index (χ2n) is 15.0. The van der Waals surface area contributed by atoms with Crippen LogP contribution in [0.15, 0.2) is 12.2 Å². The third-order valence-corrected chi connectivity index (χ3v) is 9.81. The zero-order chi connectivity index (χ0) is 34.6. The SMILES string of the molecule is CCCCCCCCCCCCCCCCCCCCCCCC(O)C(=O)N[C@@H](CO)[C@H](O)/C=C/CCCCCCCCCC(C)C. The molecular weight excluding hydrogens is 582 g/mol. The molecule has 1 unspecified atom stereocenters.